The van der Waals surface area contributed by atoms with Crippen LogP contribution in [0.4, 0.5) is 11.5 Å². The molecule has 0 aliphatic carbocycles. The lowest BCUT2D eigenvalue weighted by Crippen LogP contribution is -2.36. The van der Waals surface area contributed by atoms with Crippen LogP contribution in [0.5, 0.6) is 0 Å². The van der Waals surface area contributed by atoms with Gasteiger partial charge in [-0.05, 0) is 24.3 Å². The summed E-state index contributed by atoms with van der Waals surface area (Å²) in [5, 5.41) is 3.35. The van der Waals surface area contributed by atoms with Gasteiger partial charge in [-0.1, -0.05) is 11.6 Å². The zero-order valence-electron chi connectivity index (χ0n) is 11.0. The lowest BCUT2D eigenvalue weighted by molar-refractivity contribution is 0.122. The van der Waals surface area contributed by atoms with Crippen molar-refractivity contribution in [1.82, 2.24) is 4.98 Å². The van der Waals surface area contributed by atoms with Crippen LogP contribution in [0.15, 0.2) is 30.5 Å². The van der Waals surface area contributed by atoms with Crippen LogP contribution in [0.25, 0.3) is 0 Å². The van der Waals surface area contributed by atoms with E-state index >= 15 is 0 Å². The summed E-state index contributed by atoms with van der Waals surface area (Å²) in [7, 11) is 0. The Morgan fingerprint density at radius 3 is 2.75 bits per heavy atom. The Morgan fingerprint density at radius 2 is 2.10 bits per heavy atom. The molecule has 1 fully saturated rings. The van der Waals surface area contributed by atoms with E-state index in [1.54, 1.807) is 11.3 Å². The van der Waals surface area contributed by atoms with Crippen molar-refractivity contribution in [3.8, 4) is 0 Å². The van der Waals surface area contributed by atoms with Crippen LogP contribution in [-0.4, -0.2) is 31.3 Å². The molecule has 3 heterocycles. The van der Waals surface area contributed by atoms with Gasteiger partial charge >= 0.3 is 0 Å². The molecule has 4 nitrogen and oxygen atoms in total. The summed E-state index contributed by atoms with van der Waals surface area (Å²) in [6, 6.07) is 8.07. The van der Waals surface area contributed by atoms with Gasteiger partial charge in [0.1, 0.15) is 5.82 Å². The van der Waals surface area contributed by atoms with Gasteiger partial charge in [0, 0.05) is 24.5 Å². The SMILES string of the molecule is Clc1ccc(CNc2ccc(N3CCOCC3)nc2)s1. The van der Waals surface area contributed by atoms with Crippen LogP contribution >= 0.6 is 22.9 Å². The summed E-state index contributed by atoms with van der Waals surface area (Å²) < 4.78 is 6.16. The molecule has 0 spiro atoms. The molecule has 1 aliphatic heterocycles. The number of hydrogen-bond donors (Lipinski definition) is 1. The van der Waals surface area contributed by atoms with Crippen molar-refractivity contribution in [1.29, 1.82) is 0 Å². The first kappa shape index (κ1) is 13.7. The van der Waals surface area contributed by atoms with E-state index in [4.69, 9.17) is 16.3 Å². The highest BCUT2D eigenvalue weighted by molar-refractivity contribution is 7.16. The van der Waals surface area contributed by atoms with Gasteiger partial charge in [0.25, 0.3) is 0 Å². The normalized spacial score (nSPS) is 15.3. The number of thiophene rings is 1. The monoisotopic (exact) mass is 309 g/mol. The lowest BCUT2D eigenvalue weighted by atomic mass is 10.3. The summed E-state index contributed by atoms with van der Waals surface area (Å²) in [5.74, 6) is 1.01. The second-order valence-electron chi connectivity index (χ2n) is 4.56. The van der Waals surface area contributed by atoms with E-state index in [-0.39, 0.29) is 0 Å². The van der Waals surface area contributed by atoms with Gasteiger partial charge in [-0.25, -0.2) is 4.98 Å². The molecule has 3 rings (SSSR count). The average Bonchev–Trinajstić information content (AvgIpc) is 2.92. The third-order valence-corrected chi connectivity index (χ3v) is 4.41. The van der Waals surface area contributed by atoms with Crippen molar-refractivity contribution in [2.24, 2.45) is 0 Å². The van der Waals surface area contributed by atoms with E-state index in [1.807, 2.05) is 18.3 Å². The Kier molecular flexibility index (Phi) is 4.40. The molecule has 1 aliphatic rings. The molecule has 20 heavy (non-hydrogen) atoms. The predicted molar refractivity (Wildman–Crippen MR) is 83.9 cm³/mol. The number of anilines is 2. The molecule has 1 saturated heterocycles. The molecule has 2 aromatic heterocycles. The fourth-order valence-electron chi connectivity index (χ4n) is 2.11. The molecule has 0 amide bonds. The fraction of sp³-hybridized carbons (Fsp3) is 0.357. The number of nitrogens with zero attached hydrogens (tertiary/aromatic N) is 2. The number of aromatic nitrogens is 1. The Labute approximate surface area is 127 Å². The number of halogens is 1. The van der Waals surface area contributed by atoms with Crippen molar-refractivity contribution < 1.29 is 4.74 Å². The smallest absolute Gasteiger partial charge is 0.128 e. The van der Waals surface area contributed by atoms with Gasteiger partial charge in [0.2, 0.25) is 0 Å². The molecular formula is C14H16ClN3OS. The van der Waals surface area contributed by atoms with Gasteiger partial charge in [-0.3, -0.25) is 0 Å². The standard InChI is InChI=1S/C14H16ClN3OS/c15-13-3-2-12(20-13)10-16-11-1-4-14(17-9-11)18-5-7-19-8-6-18/h1-4,9,16H,5-8,10H2. The third-order valence-electron chi connectivity index (χ3n) is 3.18. The Bertz CT molecular complexity index is 552. The van der Waals surface area contributed by atoms with Crippen LogP contribution < -0.4 is 10.2 Å². The second kappa shape index (κ2) is 6.43. The molecule has 106 valence electrons. The largest absolute Gasteiger partial charge is 0.379 e. The van der Waals surface area contributed by atoms with E-state index in [2.05, 4.69) is 27.3 Å². The highest BCUT2D eigenvalue weighted by Gasteiger charge is 2.11. The zero-order chi connectivity index (χ0) is 13.8. The topological polar surface area (TPSA) is 37.4 Å². The van der Waals surface area contributed by atoms with Crippen LogP contribution in [0.1, 0.15) is 4.88 Å². The number of morpholine rings is 1. The van der Waals surface area contributed by atoms with Gasteiger partial charge in [0.15, 0.2) is 0 Å². The zero-order valence-corrected chi connectivity index (χ0v) is 12.6. The molecular weight excluding hydrogens is 294 g/mol. The van der Waals surface area contributed by atoms with E-state index in [0.717, 1.165) is 48.7 Å². The van der Waals surface area contributed by atoms with Gasteiger partial charge in [-0.2, -0.15) is 0 Å². The number of hydrogen-bond acceptors (Lipinski definition) is 5. The third kappa shape index (κ3) is 3.42. The Hall–Kier alpha value is -1.30. The van der Waals surface area contributed by atoms with Crippen molar-refractivity contribution in [2.75, 3.05) is 36.5 Å². The Morgan fingerprint density at radius 1 is 1.25 bits per heavy atom. The number of nitrogens with one attached hydrogen (secondary N) is 1. The highest BCUT2D eigenvalue weighted by atomic mass is 35.5. The van der Waals surface area contributed by atoms with Crippen LogP contribution in [0.2, 0.25) is 4.34 Å². The summed E-state index contributed by atoms with van der Waals surface area (Å²) >= 11 is 7.50. The summed E-state index contributed by atoms with van der Waals surface area (Å²) in [6.07, 6.45) is 1.88. The van der Waals surface area contributed by atoms with Crippen molar-refractivity contribution in [3.63, 3.8) is 0 Å². The first-order chi connectivity index (χ1) is 9.81. The van der Waals surface area contributed by atoms with E-state index < -0.39 is 0 Å². The number of rotatable bonds is 4. The van der Waals surface area contributed by atoms with Crippen molar-refractivity contribution in [3.05, 3.63) is 39.7 Å². The minimum absolute atomic E-state index is 0.774. The fourth-order valence-corrected chi connectivity index (χ4v) is 3.13. The molecule has 6 heteroatoms. The average molecular weight is 310 g/mol. The first-order valence-corrected chi connectivity index (χ1v) is 7.77. The van der Waals surface area contributed by atoms with Crippen LogP contribution in [-0.2, 0) is 11.3 Å². The van der Waals surface area contributed by atoms with E-state index in [0.29, 0.717) is 0 Å². The minimum atomic E-state index is 0.774. The summed E-state index contributed by atoms with van der Waals surface area (Å²) in [4.78, 5) is 7.96. The summed E-state index contributed by atoms with van der Waals surface area (Å²) in [5.41, 5.74) is 1.02. The van der Waals surface area contributed by atoms with Gasteiger partial charge in [0.05, 0.1) is 29.4 Å². The molecule has 2 aromatic rings. The number of pyridine rings is 1. The predicted octanol–water partition coefficient (Wildman–Crippen LogP) is 3.25. The van der Waals surface area contributed by atoms with Crippen LogP contribution in [0.3, 0.4) is 0 Å². The van der Waals surface area contributed by atoms with Crippen molar-refractivity contribution in [2.45, 2.75) is 6.54 Å². The summed E-state index contributed by atoms with van der Waals surface area (Å²) in [6.45, 7) is 4.15. The molecule has 0 bridgehead atoms. The molecule has 0 saturated carbocycles. The lowest BCUT2D eigenvalue weighted by Gasteiger charge is -2.27. The molecule has 0 aromatic carbocycles. The molecule has 0 radical (unpaired) electrons. The van der Waals surface area contributed by atoms with E-state index in [1.165, 1.54) is 4.88 Å². The molecule has 1 N–H and O–H groups in total. The van der Waals surface area contributed by atoms with E-state index in [9.17, 15) is 0 Å². The van der Waals surface area contributed by atoms with Crippen LogP contribution in [0, 0.1) is 0 Å². The maximum absolute atomic E-state index is 5.91. The highest BCUT2D eigenvalue weighted by Crippen LogP contribution is 2.22. The van der Waals surface area contributed by atoms with Gasteiger partial charge < -0.3 is 15.0 Å². The first-order valence-electron chi connectivity index (χ1n) is 6.58. The number of ether oxygens (including phenoxy) is 1. The molecule has 0 unspecified atom stereocenters. The maximum Gasteiger partial charge on any atom is 0.128 e. The Balaban J connectivity index is 1.58. The van der Waals surface area contributed by atoms with Gasteiger partial charge in [-0.15, -0.1) is 11.3 Å². The van der Waals surface area contributed by atoms with Crippen molar-refractivity contribution >= 4 is 34.4 Å². The quantitative estimate of drug-likeness (QED) is 0.941. The second-order valence-corrected chi connectivity index (χ2v) is 6.36. The molecule has 0 atom stereocenters. The minimum Gasteiger partial charge on any atom is -0.379 e. The maximum atomic E-state index is 5.91.